The Morgan fingerprint density at radius 2 is 2.00 bits per heavy atom. The van der Waals surface area contributed by atoms with Crippen LogP contribution >= 0.6 is 11.3 Å². The smallest absolute Gasteiger partial charge is 0.303 e. The van der Waals surface area contributed by atoms with Gasteiger partial charge in [-0.15, -0.1) is 11.3 Å². The van der Waals surface area contributed by atoms with Gasteiger partial charge < -0.3 is 9.84 Å². The van der Waals surface area contributed by atoms with Crippen LogP contribution in [0.1, 0.15) is 36.8 Å². The molecule has 0 spiro atoms. The topological polar surface area (TPSA) is 59.4 Å². The highest BCUT2D eigenvalue weighted by atomic mass is 32.1. The first-order valence-electron chi connectivity index (χ1n) is 6.87. The van der Waals surface area contributed by atoms with Gasteiger partial charge in [0.2, 0.25) is 0 Å². The Kier molecular flexibility index (Phi) is 4.96. The first-order chi connectivity index (χ1) is 10.0. The van der Waals surface area contributed by atoms with Crippen molar-refractivity contribution >= 4 is 17.3 Å². The van der Waals surface area contributed by atoms with Gasteiger partial charge in [0.1, 0.15) is 10.8 Å². The highest BCUT2D eigenvalue weighted by Crippen LogP contribution is 2.33. The number of aliphatic carboxylic acids is 1. The van der Waals surface area contributed by atoms with Crippen molar-refractivity contribution in [2.24, 2.45) is 0 Å². The van der Waals surface area contributed by atoms with Crippen LogP contribution in [0.2, 0.25) is 0 Å². The Bertz CT molecular complexity index is 617. The van der Waals surface area contributed by atoms with Crippen LogP contribution in [0, 0.1) is 0 Å². The molecule has 4 nitrogen and oxygen atoms in total. The maximum atomic E-state index is 10.8. The molecule has 5 heteroatoms. The summed E-state index contributed by atoms with van der Waals surface area (Å²) in [7, 11) is 1.64. The van der Waals surface area contributed by atoms with Crippen LogP contribution in [0.25, 0.3) is 10.6 Å². The number of nitrogens with zero attached hydrogens (tertiary/aromatic N) is 1. The minimum atomic E-state index is -0.774. The standard InChI is InChI=1S/C16H19NO3S/c1-10(2)15-13(8-9-14(18)19)21-16(17-15)11-4-6-12(20-3)7-5-11/h4-7,10H,8-9H2,1-3H3,(H,18,19). The van der Waals surface area contributed by atoms with E-state index in [0.29, 0.717) is 6.42 Å². The zero-order valence-electron chi connectivity index (χ0n) is 12.4. The van der Waals surface area contributed by atoms with Crippen LogP contribution in [-0.2, 0) is 11.2 Å². The summed E-state index contributed by atoms with van der Waals surface area (Å²) in [4.78, 5) is 16.5. The van der Waals surface area contributed by atoms with Crippen molar-refractivity contribution in [3.63, 3.8) is 0 Å². The fraction of sp³-hybridized carbons (Fsp3) is 0.375. The lowest BCUT2D eigenvalue weighted by Gasteiger charge is -2.03. The van der Waals surface area contributed by atoms with Crippen LogP contribution in [0.3, 0.4) is 0 Å². The second-order valence-electron chi connectivity index (χ2n) is 5.10. The summed E-state index contributed by atoms with van der Waals surface area (Å²) >= 11 is 1.58. The number of benzene rings is 1. The Balaban J connectivity index is 2.30. The minimum Gasteiger partial charge on any atom is -0.497 e. The number of carboxylic acids is 1. The van der Waals surface area contributed by atoms with E-state index >= 15 is 0 Å². The molecule has 0 saturated heterocycles. The van der Waals surface area contributed by atoms with Gasteiger partial charge in [-0.25, -0.2) is 4.98 Å². The summed E-state index contributed by atoms with van der Waals surface area (Å²) < 4.78 is 5.15. The van der Waals surface area contributed by atoms with Crippen molar-refractivity contribution in [2.75, 3.05) is 7.11 Å². The molecule has 1 heterocycles. The molecule has 0 bridgehead atoms. The average Bonchev–Trinajstić information content (AvgIpc) is 2.89. The van der Waals surface area contributed by atoms with E-state index in [1.165, 1.54) is 0 Å². The third-order valence-corrected chi connectivity index (χ3v) is 4.36. The van der Waals surface area contributed by atoms with Gasteiger partial charge in [0.25, 0.3) is 0 Å². The van der Waals surface area contributed by atoms with Crippen LogP contribution < -0.4 is 4.74 Å². The minimum absolute atomic E-state index is 0.143. The number of aryl methyl sites for hydroxylation is 1. The highest BCUT2D eigenvalue weighted by Gasteiger charge is 2.16. The van der Waals surface area contributed by atoms with Gasteiger partial charge in [0.05, 0.1) is 19.2 Å². The van der Waals surface area contributed by atoms with Gasteiger partial charge in [-0.05, 0) is 36.6 Å². The second-order valence-corrected chi connectivity index (χ2v) is 6.19. The molecule has 0 atom stereocenters. The third-order valence-electron chi connectivity index (χ3n) is 3.18. The molecule has 0 aliphatic rings. The molecule has 1 aromatic heterocycles. The SMILES string of the molecule is COc1ccc(-c2nc(C(C)C)c(CCC(=O)O)s2)cc1. The van der Waals surface area contributed by atoms with E-state index in [-0.39, 0.29) is 12.3 Å². The predicted octanol–water partition coefficient (Wildman–Crippen LogP) is 3.96. The van der Waals surface area contributed by atoms with Crippen molar-refractivity contribution in [1.82, 2.24) is 4.98 Å². The number of rotatable bonds is 6. The number of hydrogen-bond acceptors (Lipinski definition) is 4. The zero-order valence-corrected chi connectivity index (χ0v) is 13.2. The highest BCUT2D eigenvalue weighted by molar-refractivity contribution is 7.15. The van der Waals surface area contributed by atoms with E-state index in [1.807, 2.05) is 24.3 Å². The molecular weight excluding hydrogens is 286 g/mol. The number of methoxy groups -OCH3 is 1. The molecule has 0 radical (unpaired) electrons. The van der Waals surface area contributed by atoms with Gasteiger partial charge in [0.15, 0.2) is 0 Å². The van der Waals surface area contributed by atoms with Crippen LogP contribution in [0.5, 0.6) is 5.75 Å². The molecule has 2 aromatic rings. The van der Waals surface area contributed by atoms with Gasteiger partial charge in [-0.1, -0.05) is 13.8 Å². The molecule has 2 rings (SSSR count). The molecule has 0 unspecified atom stereocenters. The lowest BCUT2D eigenvalue weighted by Crippen LogP contribution is -1.99. The van der Waals surface area contributed by atoms with Gasteiger partial charge in [-0.2, -0.15) is 0 Å². The van der Waals surface area contributed by atoms with Crippen molar-refractivity contribution in [1.29, 1.82) is 0 Å². The van der Waals surface area contributed by atoms with E-state index in [4.69, 9.17) is 14.8 Å². The molecule has 112 valence electrons. The number of carbonyl (C=O) groups is 1. The molecule has 21 heavy (non-hydrogen) atoms. The zero-order chi connectivity index (χ0) is 15.4. The molecule has 0 aliphatic heterocycles. The summed E-state index contributed by atoms with van der Waals surface area (Å²) in [6.07, 6.45) is 0.681. The van der Waals surface area contributed by atoms with E-state index in [2.05, 4.69) is 13.8 Å². The summed E-state index contributed by atoms with van der Waals surface area (Å²) in [5, 5.41) is 9.79. The molecule has 1 N–H and O–H groups in total. The second kappa shape index (κ2) is 6.72. The van der Waals surface area contributed by atoms with Crippen LogP contribution in [0.15, 0.2) is 24.3 Å². The van der Waals surface area contributed by atoms with Gasteiger partial charge in [-0.3, -0.25) is 4.79 Å². The van der Waals surface area contributed by atoms with Crippen molar-refractivity contribution in [3.8, 4) is 16.3 Å². The largest absolute Gasteiger partial charge is 0.497 e. The monoisotopic (exact) mass is 305 g/mol. The van der Waals surface area contributed by atoms with E-state index < -0.39 is 5.97 Å². The Labute approximate surface area is 128 Å². The average molecular weight is 305 g/mol. The number of aromatic nitrogens is 1. The summed E-state index contributed by atoms with van der Waals surface area (Å²) in [5.41, 5.74) is 2.04. The molecule has 0 aliphatic carbocycles. The summed E-state index contributed by atoms with van der Waals surface area (Å²) in [5.74, 6) is 0.326. The molecule has 0 amide bonds. The van der Waals surface area contributed by atoms with Crippen LogP contribution in [-0.4, -0.2) is 23.2 Å². The number of hydrogen-bond donors (Lipinski definition) is 1. The lowest BCUT2D eigenvalue weighted by atomic mass is 10.1. The number of carboxylic acid groups (broad SMARTS) is 1. The predicted molar refractivity (Wildman–Crippen MR) is 84.1 cm³/mol. The molecule has 1 aromatic carbocycles. The van der Waals surface area contributed by atoms with Crippen molar-refractivity contribution in [2.45, 2.75) is 32.6 Å². The van der Waals surface area contributed by atoms with E-state index in [1.54, 1.807) is 18.4 Å². The lowest BCUT2D eigenvalue weighted by molar-refractivity contribution is -0.136. The molecule has 0 saturated carbocycles. The van der Waals surface area contributed by atoms with Gasteiger partial charge in [0, 0.05) is 10.4 Å². The Hall–Kier alpha value is -1.88. The molecular formula is C16H19NO3S. The quantitative estimate of drug-likeness (QED) is 0.877. The first-order valence-corrected chi connectivity index (χ1v) is 7.68. The maximum Gasteiger partial charge on any atom is 0.303 e. The Morgan fingerprint density at radius 1 is 1.33 bits per heavy atom. The van der Waals surface area contributed by atoms with Crippen molar-refractivity contribution < 1.29 is 14.6 Å². The fourth-order valence-corrected chi connectivity index (χ4v) is 3.29. The third kappa shape index (κ3) is 3.82. The van der Waals surface area contributed by atoms with E-state index in [9.17, 15) is 4.79 Å². The van der Waals surface area contributed by atoms with Crippen LogP contribution in [0.4, 0.5) is 0 Å². The number of ether oxygens (including phenoxy) is 1. The number of thiazole rings is 1. The summed E-state index contributed by atoms with van der Waals surface area (Å²) in [6, 6.07) is 7.76. The fourth-order valence-electron chi connectivity index (χ4n) is 2.07. The maximum absolute atomic E-state index is 10.8. The van der Waals surface area contributed by atoms with Gasteiger partial charge >= 0.3 is 5.97 Å². The summed E-state index contributed by atoms with van der Waals surface area (Å²) in [6.45, 7) is 4.16. The Morgan fingerprint density at radius 3 is 2.52 bits per heavy atom. The molecule has 0 fully saturated rings. The normalized spacial score (nSPS) is 10.9. The van der Waals surface area contributed by atoms with Crippen molar-refractivity contribution in [3.05, 3.63) is 34.8 Å². The first kappa shape index (κ1) is 15.5. The van der Waals surface area contributed by atoms with E-state index in [0.717, 1.165) is 26.9 Å².